The summed E-state index contributed by atoms with van der Waals surface area (Å²) in [5, 5.41) is 2.70. The summed E-state index contributed by atoms with van der Waals surface area (Å²) in [6.45, 7) is 7.97. The van der Waals surface area contributed by atoms with Gasteiger partial charge in [-0.3, -0.25) is 4.79 Å². The number of nitrogens with zero attached hydrogens (tertiary/aromatic N) is 1. The van der Waals surface area contributed by atoms with Gasteiger partial charge in [0.15, 0.2) is 0 Å². The molecule has 3 rings (SSSR count). The second-order valence-electron chi connectivity index (χ2n) is 7.72. The molecule has 1 saturated heterocycles. The Hall–Kier alpha value is -2.45. The van der Waals surface area contributed by atoms with Crippen LogP contribution in [0.3, 0.4) is 0 Å². The van der Waals surface area contributed by atoms with E-state index >= 15 is 0 Å². The van der Waals surface area contributed by atoms with E-state index in [1.807, 2.05) is 27.7 Å². The summed E-state index contributed by atoms with van der Waals surface area (Å²) in [7, 11) is 0.863. The van der Waals surface area contributed by atoms with Crippen molar-refractivity contribution in [2.24, 2.45) is 0 Å². The van der Waals surface area contributed by atoms with Crippen molar-refractivity contribution in [3.05, 3.63) is 53.5 Å². The predicted octanol–water partition coefficient (Wildman–Crippen LogP) is 2.46. The number of ether oxygens (including phenoxy) is 1. The van der Waals surface area contributed by atoms with Crippen LogP contribution in [0.1, 0.15) is 43.6 Å². The highest BCUT2D eigenvalue weighted by atomic mass is 19.1. The Balaban J connectivity index is 1.73. The third kappa shape index (κ3) is 4.03. The summed E-state index contributed by atoms with van der Waals surface area (Å²) in [4.78, 5) is 16.6. The SMILES string of the molecule is COc1ccc(CNC(=O)c2cc(B3OC(C)(C)C(C)(C)O3)ccc2F)cn1. The molecule has 28 heavy (non-hydrogen) atoms. The first kappa shape index (κ1) is 20.3. The van der Waals surface area contributed by atoms with Crippen molar-refractivity contribution in [2.75, 3.05) is 7.11 Å². The molecule has 1 aromatic carbocycles. The summed E-state index contributed by atoms with van der Waals surface area (Å²) >= 11 is 0. The summed E-state index contributed by atoms with van der Waals surface area (Å²) in [5.74, 6) is -0.645. The third-order valence-electron chi connectivity index (χ3n) is 5.22. The molecule has 6 nitrogen and oxygen atoms in total. The Morgan fingerprint density at radius 2 is 1.86 bits per heavy atom. The fourth-order valence-electron chi connectivity index (χ4n) is 2.76. The lowest BCUT2D eigenvalue weighted by atomic mass is 9.78. The highest BCUT2D eigenvalue weighted by molar-refractivity contribution is 6.62. The Morgan fingerprint density at radius 1 is 1.18 bits per heavy atom. The van der Waals surface area contributed by atoms with Crippen LogP contribution in [0.15, 0.2) is 36.5 Å². The molecule has 0 spiro atoms. The summed E-state index contributed by atoms with van der Waals surface area (Å²) in [5.41, 5.74) is 0.271. The molecule has 2 aromatic rings. The maximum Gasteiger partial charge on any atom is 0.494 e. The van der Waals surface area contributed by atoms with Gasteiger partial charge in [0.2, 0.25) is 5.88 Å². The molecule has 148 valence electrons. The van der Waals surface area contributed by atoms with Gasteiger partial charge in [0, 0.05) is 18.8 Å². The highest BCUT2D eigenvalue weighted by Gasteiger charge is 2.51. The molecule has 1 N–H and O–H groups in total. The molecule has 1 fully saturated rings. The average molecular weight is 386 g/mol. The van der Waals surface area contributed by atoms with Crippen LogP contribution in [-0.2, 0) is 15.9 Å². The van der Waals surface area contributed by atoms with E-state index in [9.17, 15) is 9.18 Å². The molecule has 1 aliphatic rings. The topological polar surface area (TPSA) is 69.7 Å². The average Bonchev–Trinajstić information content (AvgIpc) is 2.88. The fraction of sp³-hybridized carbons (Fsp3) is 0.400. The second kappa shape index (κ2) is 7.52. The second-order valence-corrected chi connectivity index (χ2v) is 7.72. The van der Waals surface area contributed by atoms with Gasteiger partial charge in [-0.05, 0) is 50.9 Å². The first-order chi connectivity index (χ1) is 13.1. The number of carbonyl (C=O) groups excluding carboxylic acids is 1. The lowest BCUT2D eigenvalue weighted by molar-refractivity contribution is 0.00578. The van der Waals surface area contributed by atoms with Crippen LogP contribution < -0.4 is 15.5 Å². The van der Waals surface area contributed by atoms with Crippen LogP contribution in [0.25, 0.3) is 0 Å². The van der Waals surface area contributed by atoms with E-state index in [0.717, 1.165) is 5.56 Å². The Bertz CT molecular complexity index is 855. The van der Waals surface area contributed by atoms with Crippen molar-refractivity contribution in [2.45, 2.75) is 45.4 Å². The van der Waals surface area contributed by atoms with E-state index in [0.29, 0.717) is 11.3 Å². The Morgan fingerprint density at radius 3 is 2.43 bits per heavy atom. The molecule has 0 saturated carbocycles. The van der Waals surface area contributed by atoms with Gasteiger partial charge >= 0.3 is 7.12 Å². The maximum absolute atomic E-state index is 14.3. The minimum atomic E-state index is -0.664. The summed E-state index contributed by atoms with van der Waals surface area (Å²) in [6, 6.07) is 7.77. The zero-order chi connectivity index (χ0) is 20.5. The number of aromatic nitrogens is 1. The smallest absolute Gasteiger partial charge is 0.481 e. The van der Waals surface area contributed by atoms with Crippen LogP contribution in [0, 0.1) is 5.82 Å². The molecule has 1 amide bonds. The van der Waals surface area contributed by atoms with Gasteiger partial charge in [0.05, 0.1) is 23.9 Å². The van der Waals surface area contributed by atoms with Crippen molar-refractivity contribution < 1.29 is 23.2 Å². The number of hydrogen-bond acceptors (Lipinski definition) is 5. The van der Waals surface area contributed by atoms with Crippen LogP contribution in [0.4, 0.5) is 4.39 Å². The first-order valence-electron chi connectivity index (χ1n) is 9.05. The number of hydrogen-bond donors (Lipinski definition) is 1. The van der Waals surface area contributed by atoms with Crippen LogP contribution in [0.5, 0.6) is 5.88 Å². The molecule has 0 aliphatic carbocycles. The lowest BCUT2D eigenvalue weighted by Crippen LogP contribution is -2.41. The molecule has 1 aliphatic heterocycles. The number of halogens is 1. The van der Waals surface area contributed by atoms with Gasteiger partial charge < -0.3 is 19.4 Å². The first-order valence-corrected chi connectivity index (χ1v) is 9.05. The zero-order valence-electron chi connectivity index (χ0n) is 16.7. The number of methoxy groups -OCH3 is 1. The van der Waals surface area contributed by atoms with E-state index in [1.165, 1.54) is 19.2 Å². The van der Waals surface area contributed by atoms with Gasteiger partial charge in [-0.2, -0.15) is 0 Å². The number of benzene rings is 1. The quantitative estimate of drug-likeness (QED) is 0.800. The third-order valence-corrected chi connectivity index (χ3v) is 5.22. The normalized spacial score (nSPS) is 17.4. The number of nitrogens with one attached hydrogen (secondary N) is 1. The standard InChI is InChI=1S/C20H24BFN2O4/c1-19(2)20(3,4)28-21(27-19)14-7-8-16(22)15(10-14)18(25)24-12-13-6-9-17(26-5)23-11-13/h6-11H,12H2,1-5H3,(H,24,25). The number of rotatable bonds is 5. The minimum Gasteiger partial charge on any atom is -0.481 e. The minimum absolute atomic E-state index is 0.0614. The lowest BCUT2D eigenvalue weighted by Gasteiger charge is -2.32. The number of amides is 1. The molecule has 0 atom stereocenters. The predicted molar refractivity (Wildman–Crippen MR) is 104 cm³/mol. The van der Waals surface area contributed by atoms with Crippen LogP contribution in [0.2, 0.25) is 0 Å². The molecule has 0 radical (unpaired) electrons. The van der Waals surface area contributed by atoms with Crippen molar-refractivity contribution >= 4 is 18.5 Å². The van der Waals surface area contributed by atoms with Crippen molar-refractivity contribution in [3.63, 3.8) is 0 Å². The van der Waals surface area contributed by atoms with Crippen LogP contribution >= 0.6 is 0 Å². The number of pyridine rings is 1. The van der Waals surface area contributed by atoms with Gasteiger partial charge in [0.1, 0.15) is 5.82 Å². The van der Waals surface area contributed by atoms with Gasteiger partial charge in [0.25, 0.3) is 5.91 Å². The molecule has 1 aromatic heterocycles. The molecular weight excluding hydrogens is 362 g/mol. The molecule has 8 heteroatoms. The maximum atomic E-state index is 14.3. The zero-order valence-corrected chi connectivity index (χ0v) is 16.7. The molecule has 2 heterocycles. The van der Waals surface area contributed by atoms with Gasteiger partial charge in [-0.15, -0.1) is 0 Å². The summed E-state index contributed by atoms with van der Waals surface area (Å²) in [6.07, 6.45) is 1.59. The van der Waals surface area contributed by atoms with Crippen molar-refractivity contribution in [3.8, 4) is 5.88 Å². The molecule has 0 unspecified atom stereocenters. The largest absolute Gasteiger partial charge is 0.494 e. The van der Waals surface area contributed by atoms with E-state index in [1.54, 1.807) is 24.4 Å². The Kier molecular flexibility index (Phi) is 5.45. The summed E-state index contributed by atoms with van der Waals surface area (Å²) < 4.78 is 31.2. The van der Waals surface area contributed by atoms with E-state index in [4.69, 9.17) is 14.0 Å². The fourth-order valence-corrected chi connectivity index (χ4v) is 2.76. The van der Waals surface area contributed by atoms with E-state index < -0.39 is 30.0 Å². The monoisotopic (exact) mass is 386 g/mol. The van der Waals surface area contributed by atoms with Gasteiger partial charge in [-0.1, -0.05) is 12.1 Å². The Labute approximate surface area is 164 Å². The van der Waals surface area contributed by atoms with E-state index in [-0.39, 0.29) is 12.1 Å². The van der Waals surface area contributed by atoms with E-state index in [2.05, 4.69) is 10.3 Å². The van der Waals surface area contributed by atoms with Crippen molar-refractivity contribution in [1.29, 1.82) is 0 Å². The van der Waals surface area contributed by atoms with Gasteiger partial charge in [-0.25, -0.2) is 9.37 Å². The molecular formula is C20H24BFN2O4. The molecule has 0 bridgehead atoms. The van der Waals surface area contributed by atoms with Crippen LogP contribution in [-0.4, -0.2) is 36.3 Å². The van der Waals surface area contributed by atoms with Crippen molar-refractivity contribution in [1.82, 2.24) is 10.3 Å². The number of carbonyl (C=O) groups is 1. The highest BCUT2D eigenvalue weighted by Crippen LogP contribution is 2.36.